The van der Waals surface area contributed by atoms with E-state index in [4.69, 9.17) is 28.5 Å². The lowest BCUT2D eigenvalue weighted by Gasteiger charge is -2.44. The van der Waals surface area contributed by atoms with E-state index in [0.717, 1.165) is 18.2 Å². The van der Waals surface area contributed by atoms with Crippen molar-refractivity contribution in [2.24, 2.45) is 5.41 Å². The number of aromatic nitrogens is 2. The number of benzene rings is 1. The molecule has 43 heavy (non-hydrogen) atoms. The van der Waals surface area contributed by atoms with Crippen molar-refractivity contribution >= 4 is 39.8 Å². The molecule has 2 heterocycles. The van der Waals surface area contributed by atoms with Gasteiger partial charge in [-0.3, -0.25) is 0 Å². The molecule has 2 aromatic rings. The number of nitrogens with zero attached hydrogens (tertiary/aromatic N) is 2. The first-order chi connectivity index (χ1) is 19.8. The summed E-state index contributed by atoms with van der Waals surface area (Å²) in [6.07, 6.45) is -3.32. The summed E-state index contributed by atoms with van der Waals surface area (Å²) in [7, 11) is -3.44. The standard InChI is InChI=1S/C30H50BF3N2O5Si2/c1-28(2)18-40-31(41-19-28)23-14-24(30(32,33)34)26-25(15-23)35-27(36(26)20-37-10-12-42(4,5)6)22-16-29(3,17-22)39-21-38-11-13-43(7,8)9/h14-15,22H,10-13,16-21H2,1-9H3/t22-,29+. The van der Waals surface area contributed by atoms with E-state index in [1.165, 1.54) is 0 Å². The lowest BCUT2D eigenvalue weighted by atomic mass is 9.71. The van der Waals surface area contributed by atoms with Gasteiger partial charge in [0.15, 0.2) is 0 Å². The van der Waals surface area contributed by atoms with Crippen molar-refractivity contribution < 1.29 is 36.7 Å². The van der Waals surface area contributed by atoms with E-state index in [9.17, 15) is 13.2 Å². The Labute approximate surface area is 257 Å². The molecule has 1 saturated heterocycles. The van der Waals surface area contributed by atoms with E-state index in [1.807, 2.05) is 20.8 Å². The molecule has 1 aliphatic heterocycles. The third-order valence-corrected chi connectivity index (χ3v) is 11.6. The lowest BCUT2D eigenvalue weighted by Crippen LogP contribution is -2.47. The number of ether oxygens (including phenoxy) is 3. The first kappa shape index (κ1) is 34.6. The van der Waals surface area contributed by atoms with E-state index < -0.39 is 40.6 Å². The highest BCUT2D eigenvalue weighted by Gasteiger charge is 2.46. The van der Waals surface area contributed by atoms with Crippen molar-refractivity contribution in [2.45, 2.75) is 109 Å². The van der Waals surface area contributed by atoms with Gasteiger partial charge in [-0.2, -0.15) is 13.2 Å². The Morgan fingerprint density at radius 2 is 1.53 bits per heavy atom. The molecule has 0 amide bonds. The van der Waals surface area contributed by atoms with E-state index in [2.05, 4.69) is 39.3 Å². The summed E-state index contributed by atoms with van der Waals surface area (Å²) in [5, 5.41) is 0. The number of halogens is 3. The fourth-order valence-corrected chi connectivity index (χ4v) is 6.94. The zero-order valence-electron chi connectivity index (χ0n) is 27.5. The average molecular weight is 643 g/mol. The Kier molecular flexibility index (Phi) is 10.4. The summed E-state index contributed by atoms with van der Waals surface area (Å²) in [5.41, 5.74) is -0.731. The fourth-order valence-electron chi connectivity index (χ4n) is 5.43. The molecular weight excluding hydrogens is 592 g/mol. The second kappa shape index (κ2) is 12.9. The normalized spacial score (nSPS) is 23.2. The van der Waals surface area contributed by atoms with Gasteiger partial charge in [-0.05, 0) is 49.4 Å². The first-order valence-electron chi connectivity index (χ1n) is 15.4. The number of fused-ring (bicyclic) bond motifs is 1. The first-order valence-corrected chi connectivity index (χ1v) is 22.8. The molecule has 1 aromatic heterocycles. The second-order valence-electron chi connectivity index (χ2n) is 15.8. The van der Waals surface area contributed by atoms with Crippen LogP contribution in [0.15, 0.2) is 12.1 Å². The fraction of sp³-hybridized carbons (Fsp3) is 0.767. The highest BCUT2D eigenvalue weighted by molar-refractivity contribution is 6.76. The van der Waals surface area contributed by atoms with Crippen LogP contribution in [-0.4, -0.2) is 71.6 Å². The van der Waals surface area contributed by atoms with Gasteiger partial charge in [0, 0.05) is 53.9 Å². The number of hydrogen-bond acceptors (Lipinski definition) is 6. The zero-order valence-corrected chi connectivity index (χ0v) is 29.5. The van der Waals surface area contributed by atoms with Gasteiger partial charge in [0.1, 0.15) is 19.3 Å². The lowest BCUT2D eigenvalue weighted by molar-refractivity contribution is -0.171. The highest BCUT2D eigenvalue weighted by atomic mass is 28.3. The summed E-state index contributed by atoms with van der Waals surface area (Å²) in [6, 6.07) is 4.82. The maximum Gasteiger partial charge on any atom is 0.493 e. The van der Waals surface area contributed by atoms with Crippen LogP contribution >= 0.6 is 0 Å². The average Bonchev–Trinajstić information content (AvgIpc) is 3.20. The van der Waals surface area contributed by atoms with Crippen LogP contribution in [0, 0.1) is 5.41 Å². The van der Waals surface area contributed by atoms with Crippen LogP contribution in [0.2, 0.25) is 51.4 Å². The SMILES string of the molecule is CC1(C)COB(c2cc(C(F)(F)F)c3c(c2)nc([C@H]2C[C@@](C)(OCOCC[Si](C)(C)C)C2)n3COCC[Si](C)(C)C)OC1. The number of hydrogen-bond donors (Lipinski definition) is 0. The predicted octanol–water partition coefficient (Wildman–Crippen LogP) is 7.10. The van der Waals surface area contributed by atoms with Crippen LogP contribution in [0.1, 0.15) is 50.9 Å². The molecule has 0 unspecified atom stereocenters. The molecule has 2 aliphatic rings. The Morgan fingerprint density at radius 3 is 2.09 bits per heavy atom. The molecule has 1 saturated carbocycles. The summed E-state index contributed by atoms with van der Waals surface area (Å²) in [6.45, 7) is 21.9. The molecule has 0 N–H and O–H groups in total. The Bertz CT molecular complexity index is 1240. The zero-order chi connectivity index (χ0) is 31.8. The third kappa shape index (κ3) is 9.40. The smallest absolute Gasteiger partial charge is 0.407 e. The quantitative estimate of drug-likeness (QED) is 0.132. The van der Waals surface area contributed by atoms with Gasteiger partial charge in [0.2, 0.25) is 0 Å². The Morgan fingerprint density at radius 1 is 0.953 bits per heavy atom. The van der Waals surface area contributed by atoms with Crippen molar-refractivity contribution in [3.05, 3.63) is 23.5 Å². The molecule has 0 atom stereocenters. The van der Waals surface area contributed by atoms with Gasteiger partial charge >= 0.3 is 13.3 Å². The molecule has 4 rings (SSSR count). The van der Waals surface area contributed by atoms with Gasteiger partial charge in [-0.15, -0.1) is 0 Å². The van der Waals surface area contributed by atoms with Crippen LogP contribution in [0.4, 0.5) is 13.2 Å². The summed E-state index contributed by atoms with van der Waals surface area (Å²) in [4.78, 5) is 4.82. The summed E-state index contributed by atoms with van der Waals surface area (Å²) < 4.78 is 75.1. The molecule has 1 aromatic carbocycles. The molecule has 242 valence electrons. The Hall–Kier alpha value is -1.22. The van der Waals surface area contributed by atoms with Crippen molar-refractivity contribution in [3.8, 4) is 0 Å². The van der Waals surface area contributed by atoms with Gasteiger partial charge < -0.3 is 28.1 Å². The van der Waals surface area contributed by atoms with Gasteiger partial charge in [0.05, 0.1) is 22.2 Å². The molecular formula is C30H50BF3N2O5Si2. The molecule has 1 aliphatic carbocycles. The second-order valence-corrected chi connectivity index (χ2v) is 27.1. The van der Waals surface area contributed by atoms with Crippen LogP contribution in [0.3, 0.4) is 0 Å². The van der Waals surface area contributed by atoms with E-state index in [-0.39, 0.29) is 35.9 Å². The predicted molar refractivity (Wildman–Crippen MR) is 170 cm³/mol. The molecule has 7 nitrogen and oxygen atoms in total. The monoisotopic (exact) mass is 642 g/mol. The van der Waals surface area contributed by atoms with Crippen LogP contribution in [0.25, 0.3) is 11.0 Å². The van der Waals surface area contributed by atoms with Crippen LogP contribution < -0.4 is 5.46 Å². The topological polar surface area (TPSA) is 64.0 Å². The van der Waals surface area contributed by atoms with Crippen molar-refractivity contribution in [3.63, 3.8) is 0 Å². The number of alkyl halides is 3. The maximum absolute atomic E-state index is 14.6. The minimum Gasteiger partial charge on any atom is -0.407 e. The maximum atomic E-state index is 14.6. The molecule has 2 fully saturated rings. The highest BCUT2D eigenvalue weighted by Crippen LogP contribution is 2.48. The minimum absolute atomic E-state index is 0.0111. The van der Waals surface area contributed by atoms with Crippen molar-refractivity contribution in [1.29, 1.82) is 0 Å². The van der Waals surface area contributed by atoms with E-state index in [0.29, 0.717) is 50.6 Å². The summed E-state index contributed by atoms with van der Waals surface area (Å²) in [5.74, 6) is 0.533. The number of rotatable bonds is 13. The third-order valence-electron chi connectivity index (χ3n) is 8.15. The van der Waals surface area contributed by atoms with E-state index in [1.54, 1.807) is 10.6 Å². The van der Waals surface area contributed by atoms with Crippen LogP contribution in [0.5, 0.6) is 0 Å². The molecule has 0 radical (unpaired) electrons. The van der Waals surface area contributed by atoms with Gasteiger partial charge in [0.25, 0.3) is 0 Å². The van der Waals surface area contributed by atoms with E-state index >= 15 is 0 Å². The summed E-state index contributed by atoms with van der Waals surface area (Å²) >= 11 is 0. The minimum atomic E-state index is -4.60. The largest absolute Gasteiger partial charge is 0.493 e. The van der Waals surface area contributed by atoms with Gasteiger partial charge in [-0.1, -0.05) is 53.1 Å². The molecule has 13 heteroatoms. The Balaban J connectivity index is 1.60. The molecule has 0 bridgehead atoms. The van der Waals surface area contributed by atoms with Crippen molar-refractivity contribution in [2.75, 3.05) is 33.2 Å². The van der Waals surface area contributed by atoms with Gasteiger partial charge in [-0.25, -0.2) is 4.98 Å². The number of imidazole rings is 1. The molecule has 0 spiro atoms. The van der Waals surface area contributed by atoms with Crippen molar-refractivity contribution in [1.82, 2.24) is 9.55 Å². The van der Waals surface area contributed by atoms with Crippen LogP contribution in [-0.2, 0) is 36.4 Å².